The molecule has 0 radical (unpaired) electrons. The van der Waals surface area contributed by atoms with E-state index in [1.165, 1.54) is 6.26 Å². The Bertz CT molecular complexity index is 941. The first-order chi connectivity index (χ1) is 12.8. The van der Waals surface area contributed by atoms with Crippen LogP contribution in [0.3, 0.4) is 0 Å². The molecule has 0 spiro atoms. The van der Waals surface area contributed by atoms with Gasteiger partial charge in [-0.05, 0) is 35.4 Å². The van der Waals surface area contributed by atoms with Crippen LogP contribution in [0.2, 0.25) is 0 Å². The van der Waals surface area contributed by atoms with Crippen LogP contribution in [0.5, 0.6) is 11.5 Å². The molecule has 3 rings (SSSR count). The molecule has 1 aliphatic rings. The Balaban J connectivity index is 1.85. The van der Waals surface area contributed by atoms with Crippen molar-refractivity contribution in [2.45, 2.75) is 16.8 Å². The SMILES string of the molecule is COc1ccc(C2SCC(=O)N2Cc2ccc(S(C)(=O)=O)cc2)cc1OC. The normalized spacial score (nSPS) is 17.2. The lowest BCUT2D eigenvalue weighted by Crippen LogP contribution is -2.27. The number of hydrogen-bond donors (Lipinski definition) is 0. The van der Waals surface area contributed by atoms with Crippen LogP contribution >= 0.6 is 11.8 Å². The molecule has 0 saturated carbocycles. The molecule has 1 amide bonds. The van der Waals surface area contributed by atoms with E-state index < -0.39 is 9.84 Å². The Labute approximate surface area is 163 Å². The Hall–Kier alpha value is -2.19. The largest absolute Gasteiger partial charge is 0.493 e. The summed E-state index contributed by atoms with van der Waals surface area (Å²) in [5, 5.41) is -0.133. The Morgan fingerprint density at radius 3 is 2.33 bits per heavy atom. The molecular weight excluding hydrogens is 386 g/mol. The number of sulfone groups is 1. The maximum Gasteiger partial charge on any atom is 0.234 e. The second-order valence-corrected chi connectivity index (χ2v) is 9.30. The topological polar surface area (TPSA) is 72.9 Å². The van der Waals surface area contributed by atoms with Gasteiger partial charge in [0.05, 0.1) is 24.9 Å². The molecule has 1 atom stereocenters. The van der Waals surface area contributed by atoms with Crippen LogP contribution in [0.25, 0.3) is 0 Å². The lowest BCUT2D eigenvalue weighted by Gasteiger charge is -2.25. The van der Waals surface area contributed by atoms with Crippen molar-refractivity contribution in [3.05, 3.63) is 53.6 Å². The highest BCUT2D eigenvalue weighted by molar-refractivity contribution is 8.00. The van der Waals surface area contributed by atoms with Crippen molar-refractivity contribution < 1.29 is 22.7 Å². The molecule has 27 heavy (non-hydrogen) atoms. The molecule has 2 aromatic carbocycles. The highest BCUT2D eigenvalue weighted by Crippen LogP contribution is 2.42. The number of benzene rings is 2. The summed E-state index contributed by atoms with van der Waals surface area (Å²) < 4.78 is 33.8. The standard InChI is InChI=1S/C19H21NO5S2/c1-24-16-9-6-14(10-17(16)25-2)19-20(18(21)12-26-19)11-13-4-7-15(8-5-13)27(3,22)23/h4-10,19H,11-12H2,1-3H3. The number of rotatable bonds is 6. The molecule has 1 unspecified atom stereocenters. The summed E-state index contributed by atoms with van der Waals surface area (Å²) in [6.45, 7) is 0.412. The summed E-state index contributed by atoms with van der Waals surface area (Å²) >= 11 is 1.56. The predicted molar refractivity (Wildman–Crippen MR) is 105 cm³/mol. The molecule has 2 aromatic rings. The van der Waals surface area contributed by atoms with E-state index in [1.54, 1.807) is 55.1 Å². The van der Waals surface area contributed by atoms with Gasteiger partial charge in [0.15, 0.2) is 21.3 Å². The van der Waals surface area contributed by atoms with E-state index in [-0.39, 0.29) is 16.2 Å². The summed E-state index contributed by atoms with van der Waals surface area (Å²) in [6.07, 6.45) is 1.18. The second kappa shape index (κ2) is 7.82. The second-order valence-electron chi connectivity index (χ2n) is 6.22. The molecule has 6 nitrogen and oxygen atoms in total. The average Bonchev–Trinajstić information content (AvgIpc) is 3.01. The van der Waals surface area contributed by atoms with Gasteiger partial charge in [-0.25, -0.2) is 8.42 Å². The molecule has 1 fully saturated rings. The Morgan fingerprint density at radius 2 is 1.74 bits per heavy atom. The van der Waals surface area contributed by atoms with Crippen LogP contribution in [0.4, 0.5) is 0 Å². The number of nitrogens with zero attached hydrogens (tertiary/aromatic N) is 1. The number of amides is 1. The molecule has 8 heteroatoms. The minimum atomic E-state index is -3.24. The van der Waals surface area contributed by atoms with Crippen LogP contribution in [0.1, 0.15) is 16.5 Å². The van der Waals surface area contributed by atoms with Crippen LogP contribution in [-0.4, -0.2) is 45.5 Å². The first kappa shape index (κ1) is 19.6. The summed E-state index contributed by atoms with van der Waals surface area (Å²) in [5.41, 5.74) is 1.83. The smallest absolute Gasteiger partial charge is 0.234 e. The highest BCUT2D eigenvalue weighted by Gasteiger charge is 2.33. The number of ether oxygens (including phenoxy) is 2. The van der Waals surface area contributed by atoms with Gasteiger partial charge in [-0.15, -0.1) is 11.8 Å². The zero-order valence-corrected chi connectivity index (χ0v) is 17.0. The monoisotopic (exact) mass is 407 g/mol. The van der Waals surface area contributed by atoms with Gasteiger partial charge in [0.2, 0.25) is 5.91 Å². The van der Waals surface area contributed by atoms with Crippen molar-refractivity contribution in [1.82, 2.24) is 4.90 Å². The van der Waals surface area contributed by atoms with Crippen LogP contribution in [0.15, 0.2) is 47.4 Å². The van der Waals surface area contributed by atoms with Crippen molar-refractivity contribution in [2.24, 2.45) is 0 Å². The van der Waals surface area contributed by atoms with Crippen LogP contribution in [0, 0.1) is 0 Å². The van der Waals surface area contributed by atoms with Gasteiger partial charge in [0.1, 0.15) is 5.37 Å². The van der Waals surface area contributed by atoms with Crippen molar-refractivity contribution >= 4 is 27.5 Å². The van der Waals surface area contributed by atoms with E-state index in [2.05, 4.69) is 0 Å². The van der Waals surface area contributed by atoms with Gasteiger partial charge in [-0.2, -0.15) is 0 Å². The maximum absolute atomic E-state index is 12.4. The number of methoxy groups -OCH3 is 2. The van der Waals surface area contributed by atoms with Crippen molar-refractivity contribution in [3.8, 4) is 11.5 Å². The van der Waals surface area contributed by atoms with E-state index in [1.807, 2.05) is 18.2 Å². The molecule has 144 valence electrons. The molecule has 0 aromatic heterocycles. The first-order valence-electron chi connectivity index (χ1n) is 8.25. The van der Waals surface area contributed by atoms with Crippen molar-refractivity contribution in [3.63, 3.8) is 0 Å². The third-order valence-electron chi connectivity index (χ3n) is 4.37. The molecular formula is C19H21NO5S2. The third-order valence-corrected chi connectivity index (χ3v) is 6.75. The number of carbonyl (C=O) groups excluding carboxylic acids is 1. The van der Waals surface area contributed by atoms with Gasteiger partial charge in [-0.1, -0.05) is 18.2 Å². The van der Waals surface area contributed by atoms with Crippen LogP contribution < -0.4 is 9.47 Å². The third kappa shape index (κ3) is 4.22. The number of hydrogen-bond acceptors (Lipinski definition) is 6. The highest BCUT2D eigenvalue weighted by atomic mass is 32.2. The maximum atomic E-state index is 12.4. The average molecular weight is 408 g/mol. The van der Waals surface area contributed by atoms with E-state index >= 15 is 0 Å². The van der Waals surface area contributed by atoms with E-state index in [9.17, 15) is 13.2 Å². The summed E-state index contributed by atoms with van der Waals surface area (Å²) in [4.78, 5) is 14.5. The Kier molecular flexibility index (Phi) is 5.67. The molecule has 1 heterocycles. The zero-order valence-electron chi connectivity index (χ0n) is 15.3. The minimum Gasteiger partial charge on any atom is -0.493 e. The summed E-state index contributed by atoms with van der Waals surface area (Å²) in [7, 11) is -0.0759. The van der Waals surface area contributed by atoms with E-state index in [0.29, 0.717) is 23.8 Å². The van der Waals surface area contributed by atoms with Crippen LogP contribution in [-0.2, 0) is 21.2 Å². The molecule has 0 N–H and O–H groups in total. The fourth-order valence-electron chi connectivity index (χ4n) is 2.95. The number of carbonyl (C=O) groups is 1. The lowest BCUT2D eigenvalue weighted by molar-refractivity contribution is -0.128. The van der Waals surface area contributed by atoms with Gasteiger partial charge in [-0.3, -0.25) is 4.79 Å². The van der Waals surface area contributed by atoms with Gasteiger partial charge < -0.3 is 14.4 Å². The molecule has 0 bridgehead atoms. The molecule has 1 saturated heterocycles. The van der Waals surface area contributed by atoms with Crippen molar-refractivity contribution in [2.75, 3.05) is 26.2 Å². The van der Waals surface area contributed by atoms with Gasteiger partial charge >= 0.3 is 0 Å². The fraction of sp³-hybridized carbons (Fsp3) is 0.316. The zero-order chi connectivity index (χ0) is 19.6. The lowest BCUT2D eigenvalue weighted by atomic mass is 10.1. The van der Waals surface area contributed by atoms with E-state index in [4.69, 9.17) is 9.47 Å². The summed E-state index contributed by atoms with van der Waals surface area (Å²) in [5.74, 6) is 1.71. The molecule has 1 aliphatic heterocycles. The van der Waals surface area contributed by atoms with Gasteiger partial charge in [0, 0.05) is 12.8 Å². The minimum absolute atomic E-state index is 0.0481. The fourth-order valence-corrected chi connectivity index (χ4v) is 4.75. The quantitative estimate of drug-likeness (QED) is 0.733. The van der Waals surface area contributed by atoms with Crippen molar-refractivity contribution in [1.29, 1.82) is 0 Å². The Morgan fingerprint density at radius 1 is 1.07 bits per heavy atom. The summed E-state index contributed by atoms with van der Waals surface area (Å²) in [6, 6.07) is 12.3. The molecule has 0 aliphatic carbocycles. The first-order valence-corrected chi connectivity index (χ1v) is 11.2. The predicted octanol–water partition coefficient (Wildman–Crippen LogP) is 2.88. The number of thioether (sulfide) groups is 1. The van der Waals surface area contributed by atoms with E-state index in [0.717, 1.165) is 11.1 Å². The van der Waals surface area contributed by atoms with Gasteiger partial charge in [0.25, 0.3) is 0 Å².